The van der Waals surface area contributed by atoms with Crippen molar-refractivity contribution < 1.29 is 34.9 Å². The van der Waals surface area contributed by atoms with E-state index in [0.29, 0.717) is 30.5 Å². The number of alkyl halides is 3. The third kappa shape index (κ3) is 4.46. The molecular weight excluding hydrogens is 392 g/mol. The number of halogens is 4. The van der Waals surface area contributed by atoms with E-state index in [0.717, 1.165) is 18.6 Å². The lowest BCUT2D eigenvalue weighted by molar-refractivity contribution is -0.0500. The molecule has 0 aliphatic heterocycles. The number of rotatable bonds is 5. The zero-order chi connectivity index (χ0) is 19.7. The van der Waals surface area contributed by atoms with Gasteiger partial charge in [0.15, 0.2) is 5.75 Å². The fourth-order valence-corrected chi connectivity index (χ4v) is 3.11. The standard InChI is InChI=1S/C16H14F4N2O4S/c17-14-7-3-4-10(21-14)9-25-15-8-13(26-27(23,24)16(18,19)20)11-5-1-2-6-12(11)22-15/h3-4,7-8H,1-2,5-6,9H2. The topological polar surface area (TPSA) is 78.4 Å². The molecule has 0 N–H and O–H groups in total. The first-order chi connectivity index (χ1) is 12.7. The first-order valence-corrected chi connectivity index (χ1v) is 9.34. The zero-order valence-corrected chi connectivity index (χ0v) is 14.6. The molecule has 1 aliphatic carbocycles. The summed E-state index contributed by atoms with van der Waals surface area (Å²) < 4.78 is 83.5. The minimum atomic E-state index is -5.82. The third-order valence-corrected chi connectivity index (χ3v) is 4.83. The Balaban J connectivity index is 1.89. The molecule has 3 rings (SSSR count). The number of fused-ring (bicyclic) bond motifs is 1. The van der Waals surface area contributed by atoms with Crippen molar-refractivity contribution in [3.05, 3.63) is 47.2 Å². The minimum absolute atomic E-state index is 0.130. The second-order valence-corrected chi connectivity index (χ2v) is 7.35. The third-order valence-electron chi connectivity index (χ3n) is 3.86. The predicted octanol–water partition coefficient (Wildman–Crippen LogP) is 3.30. The Labute approximate surface area is 152 Å². The number of hydrogen-bond acceptors (Lipinski definition) is 6. The minimum Gasteiger partial charge on any atom is -0.471 e. The zero-order valence-electron chi connectivity index (χ0n) is 13.8. The fourth-order valence-electron chi connectivity index (χ4n) is 2.64. The van der Waals surface area contributed by atoms with E-state index >= 15 is 0 Å². The van der Waals surface area contributed by atoms with E-state index in [1.54, 1.807) is 0 Å². The summed E-state index contributed by atoms with van der Waals surface area (Å²) in [4.78, 5) is 7.80. The number of nitrogens with zero attached hydrogens (tertiary/aromatic N) is 2. The van der Waals surface area contributed by atoms with Crippen LogP contribution in [0.25, 0.3) is 0 Å². The van der Waals surface area contributed by atoms with Crippen molar-refractivity contribution in [1.82, 2.24) is 9.97 Å². The van der Waals surface area contributed by atoms with E-state index < -0.39 is 27.3 Å². The maximum Gasteiger partial charge on any atom is 0.534 e. The molecule has 0 atom stereocenters. The van der Waals surface area contributed by atoms with E-state index in [1.807, 2.05) is 0 Å². The van der Waals surface area contributed by atoms with Gasteiger partial charge in [-0.1, -0.05) is 6.07 Å². The van der Waals surface area contributed by atoms with Crippen LogP contribution in [0, 0.1) is 5.95 Å². The van der Waals surface area contributed by atoms with Gasteiger partial charge in [0.05, 0.1) is 11.4 Å². The van der Waals surface area contributed by atoms with Crippen LogP contribution >= 0.6 is 0 Å². The highest BCUT2D eigenvalue weighted by Crippen LogP contribution is 2.35. The quantitative estimate of drug-likeness (QED) is 0.328. The van der Waals surface area contributed by atoms with Crippen molar-refractivity contribution in [2.75, 3.05) is 0 Å². The average Bonchev–Trinajstić information content (AvgIpc) is 2.59. The molecule has 146 valence electrons. The summed E-state index contributed by atoms with van der Waals surface area (Å²) in [5.74, 6) is -1.30. The molecule has 27 heavy (non-hydrogen) atoms. The van der Waals surface area contributed by atoms with Crippen molar-refractivity contribution >= 4 is 10.1 Å². The second kappa shape index (κ2) is 7.29. The van der Waals surface area contributed by atoms with Crippen LogP contribution in [0.4, 0.5) is 17.6 Å². The fraction of sp³-hybridized carbons (Fsp3) is 0.375. The molecule has 2 heterocycles. The normalized spacial score (nSPS) is 14.5. The molecule has 11 heteroatoms. The Morgan fingerprint density at radius 1 is 1.11 bits per heavy atom. The molecule has 0 spiro atoms. The summed E-state index contributed by atoms with van der Waals surface area (Å²) in [5, 5.41) is 0. The molecule has 0 saturated heterocycles. The SMILES string of the molecule is O=S(=O)(Oc1cc(OCc2cccc(F)n2)nc2c1CCCC2)C(F)(F)F. The molecule has 0 fully saturated rings. The Kier molecular flexibility index (Phi) is 5.22. The molecule has 1 aliphatic rings. The average molecular weight is 406 g/mol. The number of ether oxygens (including phenoxy) is 1. The lowest BCUT2D eigenvalue weighted by atomic mass is 9.95. The van der Waals surface area contributed by atoms with Crippen molar-refractivity contribution in [3.8, 4) is 11.6 Å². The lowest BCUT2D eigenvalue weighted by Crippen LogP contribution is -2.28. The predicted molar refractivity (Wildman–Crippen MR) is 85.0 cm³/mol. The van der Waals surface area contributed by atoms with Gasteiger partial charge in [0.1, 0.15) is 6.61 Å². The van der Waals surface area contributed by atoms with Gasteiger partial charge in [0.2, 0.25) is 11.8 Å². The van der Waals surface area contributed by atoms with Crippen molar-refractivity contribution in [2.24, 2.45) is 0 Å². The second-order valence-electron chi connectivity index (χ2n) is 5.81. The summed E-state index contributed by atoms with van der Waals surface area (Å²) in [6.45, 7) is -0.199. The molecule has 0 saturated carbocycles. The molecule has 2 aromatic heterocycles. The summed E-state index contributed by atoms with van der Waals surface area (Å²) in [7, 11) is -5.82. The Morgan fingerprint density at radius 3 is 2.56 bits per heavy atom. The maximum atomic E-state index is 13.1. The highest BCUT2D eigenvalue weighted by Gasteiger charge is 2.49. The summed E-state index contributed by atoms with van der Waals surface area (Å²) in [6.07, 6.45) is 2.22. The number of pyridine rings is 2. The van der Waals surface area contributed by atoms with Crippen LogP contribution < -0.4 is 8.92 Å². The van der Waals surface area contributed by atoms with Crippen LogP contribution in [0.2, 0.25) is 0 Å². The first kappa shape index (κ1) is 19.3. The smallest absolute Gasteiger partial charge is 0.471 e. The Hall–Kier alpha value is -2.43. The van der Waals surface area contributed by atoms with Crippen molar-refractivity contribution in [3.63, 3.8) is 0 Å². The van der Waals surface area contributed by atoms with Gasteiger partial charge in [-0.3, -0.25) is 0 Å². The van der Waals surface area contributed by atoms with Crippen LogP contribution in [-0.2, 0) is 29.6 Å². The van der Waals surface area contributed by atoms with Crippen LogP contribution in [0.3, 0.4) is 0 Å². The number of aromatic nitrogens is 2. The van der Waals surface area contributed by atoms with Gasteiger partial charge in [-0.2, -0.15) is 26.0 Å². The van der Waals surface area contributed by atoms with E-state index in [2.05, 4.69) is 14.2 Å². The first-order valence-electron chi connectivity index (χ1n) is 7.93. The largest absolute Gasteiger partial charge is 0.534 e. The molecule has 0 radical (unpaired) electrons. The van der Waals surface area contributed by atoms with Gasteiger partial charge in [-0.15, -0.1) is 0 Å². The summed E-state index contributed by atoms with van der Waals surface area (Å²) in [6, 6.07) is 5.06. The number of aryl methyl sites for hydroxylation is 1. The molecule has 0 aromatic carbocycles. The molecule has 0 amide bonds. The van der Waals surface area contributed by atoms with Gasteiger partial charge >= 0.3 is 15.6 Å². The molecule has 0 bridgehead atoms. The lowest BCUT2D eigenvalue weighted by Gasteiger charge is -2.20. The number of hydrogen-bond donors (Lipinski definition) is 0. The van der Waals surface area contributed by atoms with Crippen LogP contribution in [0.15, 0.2) is 24.3 Å². The van der Waals surface area contributed by atoms with Gasteiger partial charge in [0, 0.05) is 11.6 Å². The Morgan fingerprint density at radius 2 is 1.85 bits per heavy atom. The maximum absolute atomic E-state index is 13.1. The van der Waals surface area contributed by atoms with E-state index in [1.165, 1.54) is 12.1 Å². The van der Waals surface area contributed by atoms with Crippen molar-refractivity contribution in [2.45, 2.75) is 37.8 Å². The van der Waals surface area contributed by atoms with Gasteiger partial charge in [-0.05, 0) is 37.8 Å². The van der Waals surface area contributed by atoms with E-state index in [4.69, 9.17) is 4.74 Å². The monoisotopic (exact) mass is 406 g/mol. The summed E-state index contributed by atoms with van der Waals surface area (Å²) in [5.41, 5.74) is -4.59. The molecule has 6 nitrogen and oxygen atoms in total. The molecule has 2 aromatic rings. The van der Waals surface area contributed by atoms with Gasteiger partial charge in [-0.25, -0.2) is 9.97 Å². The van der Waals surface area contributed by atoms with E-state index in [-0.39, 0.29) is 18.2 Å². The van der Waals surface area contributed by atoms with Crippen molar-refractivity contribution in [1.29, 1.82) is 0 Å². The van der Waals surface area contributed by atoms with Crippen LogP contribution in [-0.4, -0.2) is 23.9 Å². The Bertz CT molecular complexity index is 948. The highest BCUT2D eigenvalue weighted by molar-refractivity contribution is 7.88. The summed E-state index contributed by atoms with van der Waals surface area (Å²) >= 11 is 0. The van der Waals surface area contributed by atoms with Crippen LogP contribution in [0.1, 0.15) is 29.8 Å². The van der Waals surface area contributed by atoms with Gasteiger partial charge < -0.3 is 8.92 Å². The van der Waals surface area contributed by atoms with Crippen LogP contribution in [0.5, 0.6) is 11.6 Å². The van der Waals surface area contributed by atoms with Gasteiger partial charge in [0.25, 0.3) is 0 Å². The molecular formula is C16H14F4N2O4S. The van der Waals surface area contributed by atoms with E-state index in [9.17, 15) is 26.0 Å². The highest BCUT2D eigenvalue weighted by atomic mass is 32.2. The molecule has 0 unspecified atom stereocenters.